The van der Waals surface area contributed by atoms with Gasteiger partial charge in [-0.3, -0.25) is 0 Å². The average molecular weight is 732 g/mol. The largest absolute Gasteiger partial charge is 1.00 e. The summed E-state index contributed by atoms with van der Waals surface area (Å²) in [4.78, 5) is 13.9. The van der Waals surface area contributed by atoms with E-state index in [0.29, 0.717) is 0 Å². The van der Waals surface area contributed by atoms with Crippen LogP contribution >= 0.6 is 0 Å². The molecule has 193 valence electrons. The quantitative estimate of drug-likeness (QED) is 0.237. The van der Waals surface area contributed by atoms with E-state index in [2.05, 4.69) is 112 Å². The first-order chi connectivity index (χ1) is 18.2. The number of carbonyl (C=O) groups is 1. The van der Waals surface area contributed by atoms with Crippen molar-refractivity contribution in [1.29, 1.82) is 0 Å². The molecule has 0 bridgehead atoms. The van der Waals surface area contributed by atoms with Crippen molar-refractivity contribution < 1.29 is 50.5 Å². The van der Waals surface area contributed by atoms with Crippen molar-refractivity contribution in [3.8, 4) is 11.1 Å². The topological polar surface area (TPSA) is 29.1 Å². The maximum absolute atomic E-state index is 13.9. The molecule has 39 heavy (non-hydrogen) atoms. The molecule has 0 radical (unpaired) electrons. The van der Waals surface area contributed by atoms with Crippen molar-refractivity contribution in [2.45, 2.75) is 10.6 Å². The predicted octanol–water partition coefficient (Wildman–Crippen LogP) is -0.426. The van der Waals surface area contributed by atoms with Crippen LogP contribution in [0.5, 0.6) is 0 Å². The molecular weight excluding hydrogens is 704 g/mol. The Bertz CT molecular complexity index is 1480. The van der Waals surface area contributed by atoms with Crippen LogP contribution in [0.25, 0.3) is 11.1 Å². The van der Waals surface area contributed by atoms with E-state index in [9.17, 15) is 4.79 Å². The van der Waals surface area contributed by atoms with Gasteiger partial charge in [0, 0.05) is 0 Å². The van der Waals surface area contributed by atoms with Crippen LogP contribution in [0.1, 0.15) is 30.7 Å². The molecule has 5 aromatic rings. The molecule has 0 aliphatic heterocycles. The van der Waals surface area contributed by atoms with E-state index in [0.717, 1.165) is 11.1 Å². The van der Waals surface area contributed by atoms with Crippen LogP contribution < -0.4 is 38.5 Å². The molecule has 6 heteroatoms. The fourth-order valence-corrected chi connectivity index (χ4v) is 35.7. The molecule has 2 nitrogen and oxygen atoms in total. The third-order valence-electron chi connectivity index (χ3n) is 7.26. The van der Waals surface area contributed by atoms with Gasteiger partial charge in [0.05, 0.1) is 0 Å². The fraction of sp³-hybridized carbons (Fsp3) is 0.0606. The minimum Gasteiger partial charge on any atom is -1.00 e. The summed E-state index contributed by atoms with van der Waals surface area (Å²) in [5.41, 5.74) is 7.29. The first kappa shape index (κ1) is 29.2. The van der Waals surface area contributed by atoms with E-state index in [1.807, 2.05) is 31.2 Å². The molecule has 6 rings (SSSR count). The van der Waals surface area contributed by atoms with Crippen LogP contribution in [0.15, 0.2) is 133 Å². The predicted molar refractivity (Wildman–Crippen MR) is 152 cm³/mol. The summed E-state index contributed by atoms with van der Waals surface area (Å²) in [7, 11) is 0. The van der Waals surface area contributed by atoms with E-state index in [-0.39, 0.29) is 34.4 Å². The van der Waals surface area contributed by atoms with Crippen LogP contribution in [0.4, 0.5) is 0 Å². The number of fused-ring (bicyclic) bond motifs is 3. The third kappa shape index (κ3) is 5.90. The van der Waals surface area contributed by atoms with Gasteiger partial charge in [0.15, 0.2) is 0 Å². The molecule has 0 saturated carbocycles. The number of carbonyl (C=O) groups excluding carboxylic acids is 1. The normalized spacial score (nSPS) is 11.5. The zero-order valence-corrected chi connectivity index (χ0v) is 27.8. The van der Waals surface area contributed by atoms with Crippen LogP contribution in [0, 0.1) is 6.92 Å². The summed E-state index contributed by atoms with van der Waals surface area (Å²) < 4.78 is 4.10. The molecule has 0 saturated heterocycles. The molecule has 0 atom stereocenters. The summed E-state index contributed by atoms with van der Waals surface area (Å²) in [6.45, 7) is 2.05. The Labute approximate surface area is 251 Å². The fourth-order valence-electron chi connectivity index (χ4n) is 5.63. The van der Waals surface area contributed by atoms with Crippen molar-refractivity contribution in [1.82, 2.24) is 3.30 Å². The Balaban J connectivity index is 0.00000176. The molecule has 1 amide bonds. The number of amides is 1. The first-order valence-corrected chi connectivity index (χ1v) is 24.6. The molecule has 0 unspecified atom stereocenters. The second-order valence-corrected chi connectivity index (χ2v) is 29.4. The van der Waals surface area contributed by atoms with E-state index >= 15 is 0 Å². The van der Waals surface area contributed by atoms with E-state index in [1.54, 1.807) is 0 Å². The molecular formula is C33H28Cl2HfNOSi. The number of rotatable bonds is 6. The van der Waals surface area contributed by atoms with Crippen molar-refractivity contribution in [3.63, 3.8) is 0 Å². The molecule has 1 aliphatic rings. The Hall–Kier alpha value is -2.76. The standard InChI is InChI=1S/C13H9.C12H11Si.C8H9NO.2ClH.Hf/c1-3-7-12-10(5-1)9-11-6-2-4-8-13(11)12;1-3-7-11(8-4-1)13-12-9-5-2-6-10-12;1-6-3-2-4-7(5-6)8(9)10;;;/h1-9H;1-10,13H;2-5H,1H3,(H2,9,10);2*1H;/q;;;;;+3/p-3. The zero-order chi connectivity index (χ0) is 25.2. The Kier molecular flexibility index (Phi) is 9.79. The molecule has 0 fully saturated rings. The summed E-state index contributed by atoms with van der Waals surface area (Å²) in [6, 6.07) is 47.6. The van der Waals surface area contributed by atoms with Gasteiger partial charge in [0.25, 0.3) is 0 Å². The molecule has 0 aromatic heterocycles. The summed E-state index contributed by atoms with van der Waals surface area (Å²) in [5.74, 6) is -1.67. The number of aryl methyl sites for hydroxylation is 1. The maximum Gasteiger partial charge on any atom is -1.00 e. The van der Waals surface area contributed by atoms with E-state index in [4.69, 9.17) is 0 Å². The van der Waals surface area contributed by atoms with Gasteiger partial charge < -0.3 is 24.8 Å². The van der Waals surface area contributed by atoms with Gasteiger partial charge in [0.2, 0.25) is 0 Å². The summed E-state index contributed by atoms with van der Waals surface area (Å²) in [5, 5.41) is 2.84. The Morgan fingerprint density at radius 3 is 1.64 bits per heavy atom. The van der Waals surface area contributed by atoms with E-state index in [1.165, 1.54) is 32.6 Å². The minimum absolute atomic E-state index is 0. The van der Waals surface area contributed by atoms with Gasteiger partial charge >= 0.3 is 229 Å². The monoisotopic (exact) mass is 732 g/mol. The Morgan fingerprint density at radius 2 is 1.13 bits per heavy atom. The molecule has 0 heterocycles. The number of hydrogen-bond donors (Lipinski definition) is 1. The van der Waals surface area contributed by atoms with Crippen molar-refractivity contribution in [3.05, 3.63) is 156 Å². The van der Waals surface area contributed by atoms with Crippen LogP contribution in [0.2, 0.25) is 0 Å². The molecule has 5 aromatic carbocycles. The maximum atomic E-state index is 13.9. The smallest absolute Gasteiger partial charge is 1.00 e. The number of nitrogens with one attached hydrogen (secondary N) is 1. The van der Waals surface area contributed by atoms with Crippen LogP contribution in [0.3, 0.4) is 0 Å². The van der Waals surface area contributed by atoms with Crippen molar-refractivity contribution >= 4 is 22.3 Å². The number of halogens is 2. The summed E-state index contributed by atoms with van der Waals surface area (Å²) in [6.07, 6.45) is 0. The van der Waals surface area contributed by atoms with E-state index < -0.39 is 26.9 Å². The molecule has 1 N–H and O–H groups in total. The van der Waals surface area contributed by atoms with Gasteiger partial charge in [-0.25, -0.2) is 0 Å². The molecule has 0 spiro atoms. The van der Waals surface area contributed by atoms with Crippen LogP contribution in [-0.4, -0.2) is 11.9 Å². The van der Waals surface area contributed by atoms with Gasteiger partial charge in [-0.15, -0.1) is 0 Å². The van der Waals surface area contributed by atoms with Gasteiger partial charge in [0.1, 0.15) is 0 Å². The number of benzene rings is 5. The second kappa shape index (κ2) is 13.1. The zero-order valence-electron chi connectivity index (χ0n) is 21.5. The molecule has 1 aliphatic carbocycles. The minimum atomic E-state index is -3.08. The third-order valence-corrected chi connectivity index (χ3v) is 34.1. The summed E-state index contributed by atoms with van der Waals surface area (Å²) >= 11 is -3.08. The van der Waals surface area contributed by atoms with Gasteiger partial charge in [-0.05, 0) is 0 Å². The average Bonchev–Trinajstić information content (AvgIpc) is 3.28. The van der Waals surface area contributed by atoms with Crippen LogP contribution in [-0.2, 0) is 20.9 Å². The van der Waals surface area contributed by atoms with Gasteiger partial charge in [-0.1, -0.05) is 0 Å². The van der Waals surface area contributed by atoms with Crippen molar-refractivity contribution in [2.75, 3.05) is 0 Å². The first-order valence-electron chi connectivity index (χ1n) is 12.7. The van der Waals surface area contributed by atoms with Gasteiger partial charge in [-0.2, -0.15) is 0 Å². The second-order valence-electron chi connectivity index (χ2n) is 9.64. The number of hydrogen-bond acceptors (Lipinski definition) is 1. The Morgan fingerprint density at radius 1 is 0.641 bits per heavy atom. The van der Waals surface area contributed by atoms with Crippen molar-refractivity contribution in [2.24, 2.45) is 0 Å². The SMILES string of the molecule is Cc1cccc(C(=O)[NH][Hf+2]([CH]2c3ccccc3-c3ccccc32)[SiH](c2ccccc2)c2ccccc2)c1.[Cl-].[Cl-].